The number of hydrogen-bond donors (Lipinski definition) is 1. The van der Waals surface area contributed by atoms with Crippen molar-refractivity contribution in [3.05, 3.63) is 34.9 Å². The van der Waals surface area contributed by atoms with Gasteiger partial charge in [0.2, 0.25) is 0 Å². The van der Waals surface area contributed by atoms with Crippen molar-refractivity contribution in [1.82, 2.24) is 10.2 Å². The molecule has 1 saturated heterocycles. The van der Waals surface area contributed by atoms with E-state index in [-0.39, 0.29) is 35.2 Å². The predicted octanol–water partition coefficient (Wildman–Crippen LogP) is 2.23. The van der Waals surface area contributed by atoms with Crippen LogP contribution in [0.4, 0.5) is 4.79 Å². The molecule has 0 aliphatic carbocycles. The van der Waals surface area contributed by atoms with Crippen LogP contribution in [-0.4, -0.2) is 55.2 Å². The first-order valence-electron chi connectivity index (χ1n) is 8.14. The van der Waals surface area contributed by atoms with Gasteiger partial charge in [-0.1, -0.05) is 23.7 Å². The molecule has 2 rings (SSSR count). The Morgan fingerprint density at radius 2 is 1.88 bits per heavy atom. The van der Waals surface area contributed by atoms with Crippen molar-refractivity contribution in [3.8, 4) is 0 Å². The van der Waals surface area contributed by atoms with Crippen LogP contribution >= 0.6 is 11.6 Å². The largest absolute Gasteiger partial charge is 0.452 e. The number of likely N-dealkylation sites (tertiary alicyclic amines) is 1. The molecular weight excluding hydrogens is 348 g/mol. The summed E-state index contributed by atoms with van der Waals surface area (Å²) in [6.07, 6.45) is 0.924. The maximum Gasteiger partial charge on any atom is 0.409 e. The molecule has 136 valence electrons. The van der Waals surface area contributed by atoms with Crippen LogP contribution in [0.1, 0.15) is 30.1 Å². The van der Waals surface area contributed by atoms with Gasteiger partial charge in [0.05, 0.1) is 17.2 Å². The predicted molar refractivity (Wildman–Crippen MR) is 91.5 cm³/mol. The minimum atomic E-state index is -0.641. The fourth-order valence-corrected chi connectivity index (χ4v) is 2.74. The van der Waals surface area contributed by atoms with Gasteiger partial charge in [-0.15, -0.1) is 0 Å². The van der Waals surface area contributed by atoms with Crippen molar-refractivity contribution in [2.24, 2.45) is 0 Å². The summed E-state index contributed by atoms with van der Waals surface area (Å²) in [6, 6.07) is 6.43. The van der Waals surface area contributed by atoms with Crippen molar-refractivity contribution in [3.63, 3.8) is 0 Å². The summed E-state index contributed by atoms with van der Waals surface area (Å²) in [7, 11) is 0. The number of halogens is 1. The molecule has 1 aromatic carbocycles. The van der Waals surface area contributed by atoms with E-state index in [1.54, 1.807) is 30.0 Å². The topological polar surface area (TPSA) is 84.9 Å². The van der Waals surface area contributed by atoms with E-state index in [4.69, 9.17) is 21.1 Å². The summed E-state index contributed by atoms with van der Waals surface area (Å²) < 4.78 is 9.93. The zero-order valence-corrected chi connectivity index (χ0v) is 14.8. The first-order chi connectivity index (χ1) is 12.0. The molecule has 1 aliphatic heterocycles. The summed E-state index contributed by atoms with van der Waals surface area (Å²) in [6.45, 7) is 2.76. The average molecular weight is 369 g/mol. The second kappa shape index (κ2) is 9.27. The number of nitrogens with zero attached hydrogens (tertiary/aromatic N) is 1. The van der Waals surface area contributed by atoms with Gasteiger partial charge < -0.3 is 19.7 Å². The van der Waals surface area contributed by atoms with Crippen molar-refractivity contribution in [2.75, 3.05) is 26.3 Å². The number of nitrogens with one attached hydrogen (secondary N) is 1. The molecule has 8 heteroatoms. The van der Waals surface area contributed by atoms with Crippen LogP contribution in [0.25, 0.3) is 0 Å². The normalized spacial score (nSPS) is 14.7. The minimum Gasteiger partial charge on any atom is -0.452 e. The molecule has 0 atom stereocenters. The second-order valence-electron chi connectivity index (χ2n) is 5.58. The molecule has 25 heavy (non-hydrogen) atoms. The summed E-state index contributed by atoms with van der Waals surface area (Å²) in [5.41, 5.74) is 0.222. The quantitative estimate of drug-likeness (QED) is 0.805. The number of esters is 1. The molecule has 0 radical (unpaired) electrons. The molecule has 0 spiro atoms. The smallest absolute Gasteiger partial charge is 0.409 e. The maximum absolute atomic E-state index is 11.9. The number of ether oxygens (including phenoxy) is 2. The van der Waals surface area contributed by atoms with Crippen LogP contribution in [0.5, 0.6) is 0 Å². The highest BCUT2D eigenvalue weighted by Crippen LogP contribution is 2.16. The minimum absolute atomic E-state index is 0.0582. The number of amides is 2. The second-order valence-corrected chi connectivity index (χ2v) is 5.99. The Balaban J connectivity index is 1.72. The van der Waals surface area contributed by atoms with E-state index >= 15 is 0 Å². The van der Waals surface area contributed by atoms with E-state index in [9.17, 15) is 14.4 Å². The highest BCUT2D eigenvalue weighted by molar-refractivity contribution is 6.33. The van der Waals surface area contributed by atoms with E-state index in [1.807, 2.05) is 0 Å². The first-order valence-corrected chi connectivity index (χ1v) is 8.51. The molecule has 1 heterocycles. The average Bonchev–Trinajstić information content (AvgIpc) is 2.61. The van der Waals surface area contributed by atoms with Crippen molar-refractivity contribution in [2.45, 2.75) is 25.8 Å². The number of carbonyl (C=O) groups is 3. The van der Waals surface area contributed by atoms with Crippen LogP contribution in [0.15, 0.2) is 24.3 Å². The molecular formula is C17H21ClN2O5. The summed E-state index contributed by atoms with van der Waals surface area (Å²) in [4.78, 5) is 37.0. The Hall–Kier alpha value is -2.28. The van der Waals surface area contributed by atoms with Gasteiger partial charge >= 0.3 is 12.1 Å². The van der Waals surface area contributed by atoms with Gasteiger partial charge in [0.1, 0.15) is 0 Å². The van der Waals surface area contributed by atoms with Crippen molar-refractivity contribution < 1.29 is 23.9 Å². The Bertz CT molecular complexity index is 629. The Kier molecular flexibility index (Phi) is 7.06. The van der Waals surface area contributed by atoms with Crippen LogP contribution in [0.3, 0.4) is 0 Å². The van der Waals surface area contributed by atoms with Crippen LogP contribution in [0, 0.1) is 0 Å². The first kappa shape index (κ1) is 19.1. The van der Waals surface area contributed by atoms with Gasteiger partial charge in [-0.05, 0) is 31.9 Å². The third kappa shape index (κ3) is 5.63. The lowest BCUT2D eigenvalue weighted by Crippen LogP contribution is -2.47. The van der Waals surface area contributed by atoms with Crippen LogP contribution in [-0.2, 0) is 14.3 Å². The molecule has 0 unspecified atom stereocenters. The van der Waals surface area contributed by atoms with Gasteiger partial charge in [-0.25, -0.2) is 9.59 Å². The van der Waals surface area contributed by atoms with E-state index in [0.29, 0.717) is 32.5 Å². The van der Waals surface area contributed by atoms with E-state index in [0.717, 1.165) is 0 Å². The number of carbonyl (C=O) groups excluding carboxylic acids is 3. The monoisotopic (exact) mass is 368 g/mol. The highest BCUT2D eigenvalue weighted by Gasteiger charge is 2.24. The van der Waals surface area contributed by atoms with Gasteiger partial charge in [0.15, 0.2) is 6.61 Å². The number of benzene rings is 1. The third-order valence-electron chi connectivity index (χ3n) is 3.81. The molecule has 1 aromatic rings. The molecule has 1 aliphatic rings. The van der Waals surface area contributed by atoms with E-state index in [1.165, 1.54) is 6.07 Å². The van der Waals surface area contributed by atoms with Gasteiger partial charge in [-0.2, -0.15) is 0 Å². The lowest BCUT2D eigenvalue weighted by Gasteiger charge is -2.31. The molecule has 0 aromatic heterocycles. The molecule has 7 nitrogen and oxygen atoms in total. The molecule has 0 bridgehead atoms. The zero-order valence-electron chi connectivity index (χ0n) is 14.0. The molecule has 1 N–H and O–H groups in total. The number of piperidine rings is 1. The third-order valence-corrected chi connectivity index (χ3v) is 4.14. The van der Waals surface area contributed by atoms with Gasteiger partial charge in [-0.3, -0.25) is 4.79 Å². The summed E-state index contributed by atoms with van der Waals surface area (Å²) in [5.74, 6) is -1.02. The van der Waals surface area contributed by atoms with E-state index in [2.05, 4.69) is 5.32 Å². The molecule has 2 amide bonds. The number of rotatable bonds is 5. The van der Waals surface area contributed by atoms with Crippen LogP contribution < -0.4 is 5.32 Å². The van der Waals surface area contributed by atoms with Crippen molar-refractivity contribution >= 4 is 29.6 Å². The number of hydrogen-bond acceptors (Lipinski definition) is 5. The Labute approximate surface area is 151 Å². The van der Waals surface area contributed by atoms with E-state index < -0.39 is 5.97 Å². The fourth-order valence-electron chi connectivity index (χ4n) is 2.53. The van der Waals surface area contributed by atoms with Gasteiger partial charge in [0.25, 0.3) is 5.91 Å². The Morgan fingerprint density at radius 1 is 1.20 bits per heavy atom. The lowest BCUT2D eigenvalue weighted by molar-refractivity contribution is -0.125. The summed E-state index contributed by atoms with van der Waals surface area (Å²) >= 11 is 5.91. The lowest BCUT2D eigenvalue weighted by atomic mass is 10.1. The van der Waals surface area contributed by atoms with Gasteiger partial charge in [0, 0.05) is 19.1 Å². The maximum atomic E-state index is 11.9. The zero-order chi connectivity index (χ0) is 18.2. The van der Waals surface area contributed by atoms with Crippen LogP contribution in [0.2, 0.25) is 5.02 Å². The Morgan fingerprint density at radius 3 is 2.52 bits per heavy atom. The SMILES string of the molecule is CCOC(=O)N1CCC(NC(=O)COC(=O)c2ccccc2Cl)CC1. The highest BCUT2D eigenvalue weighted by atomic mass is 35.5. The summed E-state index contributed by atoms with van der Waals surface area (Å²) in [5, 5.41) is 3.08. The van der Waals surface area contributed by atoms with Crippen molar-refractivity contribution in [1.29, 1.82) is 0 Å². The molecule has 1 fully saturated rings. The fraction of sp³-hybridized carbons (Fsp3) is 0.471. The molecule has 0 saturated carbocycles. The standard InChI is InChI=1S/C17H21ClN2O5/c1-2-24-17(23)20-9-7-12(8-10-20)19-15(21)11-25-16(22)13-5-3-4-6-14(13)18/h3-6,12H,2,7-11H2,1H3,(H,19,21).